The third kappa shape index (κ3) is 4.15. The van der Waals surface area contributed by atoms with Crippen molar-refractivity contribution < 1.29 is 4.79 Å². The lowest BCUT2D eigenvalue weighted by molar-refractivity contribution is -0.127. The highest BCUT2D eigenvalue weighted by Gasteiger charge is 2.27. The molecular formula is C19H28N4O. The predicted molar refractivity (Wildman–Crippen MR) is 96.7 cm³/mol. The number of hydrogen-bond donors (Lipinski definition) is 2. The van der Waals surface area contributed by atoms with E-state index in [-0.39, 0.29) is 17.4 Å². The summed E-state index contributed by atoms with van der Waals surface area (Å²) >= 11 is 0. The number of piperidine rings is 1. The second-order valence-corrected chi connectivity index (χ2v) is 7.99. The summed E-state index contributed by atoms with van der Waals surface area (Å²) in [4.78, 5) is 22.8. The zero-order valence-electron chi connectivity index (χ0n) is 15.1. The predicted octanol–water partition coefficient (Wildman–Crippen LogP) is 3.00. The van der Waals surface area contributed by atoms with Crippen molar-refractivity contribution in [1.82, 2.24) is 20.2 Å². The summed E-state index contributed by atoms with van der Waals surface area (Å²) in [5, 5.41) is 3.10. The number of amides is 1. The fourth-order valence-corrected chi connectivity index (χ4v) is 3.29. The van der Waals surface area contributed by atoms with Crippen molar-refractivity contribution in [2.75, 3.05) is 13.1 Å². The van der Waals surface area contributed by atoms with Crippen LogP contribution in [0.3, 0.4) is 0 Å². The minimum Gasteiger partial charge on any atom is -0.351 e. The van der Waals surface area contributed by atoms with E-state index < -0.39 is 0 Å². The molecule has 3 rings (SSSR count). The van der Waals surface area contributed by atoms with Gasteiger partial charge in [-0.25, -0.2) is 4.98 Å². The Kier molecular flexibility index (Phi) is 4.63. The van der Waals surface area contributed by atoms with E-state index >= 15 is 0 Å². The molecule has 1 aromatic carbocycles. The number of aromatic amines is 1. The van der Waals surface area contributed by atoms with Gasteiger partial charge in [0.2, 0.25) is 5.91 Å². The van der Waals surface area contributed by atoms with Crippen LogP contribution in [0, 0.1) is 12.8 Å². The standard InChI is InChI=1S/C19H28N4O/c1-13-5-6-15-16(11-13)21-17(20-15)12-23-9-7-14(8-10-23)18(24)22-19(2,3)4/h5-6,11,14H,7-10,12H2,1-4H3,(H,20,21)(H,22,24). The average Bonchev–Trinajstić information content (AvgIpc) is 2.87. The molecule has 2 aromatic rings. The summed E-state index contributed by atoms with van der Waals surface area (Å²) in [6.45, 7) is 10.9. The molecular weight excluding hydrogens is 300 g/mol. The van der Waals surface area contributed by atoms with Gasteiger partial charge in [-0.3, -0.25) is 9.69 Å². The zero-order chi connectivity index (χ0) is 17.3. The smallest absolute Gasteiger partial charge is 0.223 e. The lowest BCUT2D eigenvalue weighted by atomic mass is 9.94. The van der Waals surface area contributed by atoms with Crippen LogP contribution < -0.4 is 5.32 Å². The van der Waals surface area contributed by atoms with E-state index in [1.807, 2.05) is 20.8 Å². The van der Waals surface area contributed by atoms with Gasteiger partial charge < -0.3 is 10.3 Å². The van der Waals surface area contributed by atoms with Gasteiger partial charge in [0.25, 0.3) is 0 Å². The van der Waals surface area contributed by atoms with Crippen LogP contribution in [-0.4, -0.2) is 39.4 Å². The van der Waals surface area contributed by atoms with Gasteiger partial charge in [0.1, 0.15) is 5.82 Å². The number of benzene rings is 1. The average molecular weight is 328 g/mol. The molecule has 2 N–H and O–H groups in total. The van der Waals surface area contributed by atoms with Crippen molar-refractivity contribution >= 4 is 16.9 Å². The van der Waals surface area contributed by atoms with Crippen LogP contribution in [0.25, 0.3) is 11.0 Å². The molecule has 1 aliphatic heterocycles. The highest BCUT2D eigenvalue weighted by molar-refractivity contribution is 5.79. The van der Waals surface area contributed by atoms with Gasteiger partial charge in [0.15, 0.2) is 0 Å². The van der Waals surface area contributed by atoms with E-state index in [1.165, 1.54) is 5.56 Å². The summed E-state index contributed by atoms with van der Waals surface area (Å²) in [5.74, 6) is 1.34. The summed E-state index contributed by atoms with van der Waals surface area (Å²) in [6.07, 6.45) is 1.84. The summed E-state index contributed by atoms with van der Waals surface area (Å²) < 4.78 is 0. The number of nitrogens with zero attached hydrogens (tertiary/aromatic N) is 2. The van der Waals surface area contributed by atoms with E-state index in [2.05, 4.69) is 45.3 Å². The number of rotatable bonds is 3. The number of carbonyl (C=O) groups excluding carboxylic acids is 1. The Balaban J connectivity index is 1.55. The summed E-state index contributed by atoms with van der Waals surface area (Å²) in [7, 11) is 0. The fourth-order valence-electron chi connectivity index (χ4n) is 3.29. The van der Waals surface area contributed by atoms with E-state index in [4.69, 9.17) is 0 Å². The molecule has 2 heterocycles. The van der Waals surface area contributed by atoms with Crippen molar-refractivity contribution in [3.8, 4) is 0 Å². The maximum atomic E-state index is 12.3. The number of H-pyrrole nitrogens is 1. The Labute approximate surface area is 143 Å². The fraction of sp³-hybridized carbons (Fsp3) is 0.579. The topological polar surface area (TPSA) is 61.0 Å². The highest BCUT2D eigenvalue weighted by Crippen LogP contribution is 2.21. The quantitative estimate of drug-likeness (QED) is 0.910. The van der Waals surface area contributed by atoms with Gasteiger partial charge in [0.05, 0.1) is 17.6 Å². The molecule has 0 bridgehead atoms. The first-order valence-electron chi connectivity index (χ1n) is 8.80. The van der Waals surface area contributed by atoms with Gasteiger partial charge in [0, 0.05) is 11.5 Å². The molecule has 1 aliphatic rings. The molecule has 0 saturated carbocycles. The van der Waals surface area contributed by atoms with Gasteiger partial charge in [-0.1, -0.05) is 6.07 Å². The number of likely N-dealkylation sites (tertiary alicyclic amines) is 1. The molecule has 5 nitrogen and oxygen atoms in total. The first-order chi connectivity index (χ1) is 11.3. The Morgan fingerprint density at radius 1 is 1.33 bits per heavy atom. The number of imidazole rings is 1. The van der Waals surface area contributed by atoms with Crippen LogP contribution in [0.4, 0.5) is 0 Å². The molecule has 24 heavy (non-hydrogen) atoms. The van der Waals surface area contributed by atoms with Crippen LogP contribution in [0.5, 0.6) is 0 Å². The van der Waals surface area contributed by atoms with Crippen LogP contribution >= 0.6 is 0 Å². The SMILES string of the molecule is Cc1ccc2nc(CN3CCC(C(=O)NC(C)(C)C)CC3)[nH]c2c1. The molecule has 0 unspecified atom stereocenters. The minimum absolute atomic E-state index is 0.138. The van der Waals surface area contributed by atoms with Crippen molar-refractivity contribution in [3.05, 3.63) is 29.6 Å². The second-order valence-electron chi connectivity index (χ2n) is 7.99. The zero-order valence-corrected chi connectivity index (χ0v) is 15.1. The first kappa shape index (κ1) is 17.0. The normalized spacial score (nSPS) is 17.3. The van der Waals surface area contributed by atoms with E-state index in [9.17, 15) is 4.79 Å². The minimum atomic E-state index is -0.152. The van der Waals surface area contributed by atoms with Crippen molar-refractivity contribution in [2.24, 2.45) is 5.92 Å². The second kappa shape index (κ2) is 6.55. The van der Waals surface area contributed by atoms with Gasteiger partial charge in [-0.2, -0.15) is 0 Å². The molecule has 1 saturated heterocycles. The van der Waals surface area contributed by atoms with Crippen LogP contribution in [-0.2, 0) is 11.3 Å². The number of aromatic nitrogens is 2. The largest absolute Gasteiger partial charge is 0.351 e. The van der Waals surface area contributed by atoms with Gasteiger partial charge >= 0.3 is 0 Å². The maximum Gasteiger partial charge on any atom is 0.223 e. The summed E-state index contributed by atoms with van der Waals surface area (Å²) in [6, 6.07) is 6.29. The molecule has 0 spiro atoms. The molecule has 1 fully saturated rings. The molecule has 1 amide bonds. The van der Waals surface area contributed by atoms with Crippen LogP contribution in [0.2, 0.25) is 0 Å². The van der Waals surface area contributed by atoms with Crippen molar-refractivity contribution in [3.63, 3.8) is 0 Å². The lowest BCUT2D eigenvalue weighted by Crippen LogP contribution is -2.46. The van der Waals surface area contributed by atoms with E-state index in [0.717, 1.165) is 49.3 Å². The molecule has 0 atom stereocenters. The van der Waals surface area contributed by atoms with Crippen molar-refractivity contribution in [1.29, 1.82) is 0 Å². The Morgan fingerprint density at radius 3 is 2.71 bits per heavy atom. The molecule has 1 aromatic heterocycles. The van der Waals surface area contributed by atoms with Gasteiger partial charge in [-0.15, -0.1) is 0 Å². The Morgan fingerprint density at radius 2 is 2.04 bits per heavy atom. The first-order valence-corrected chi connectivity index (χ1v) is 8.80. The molecule has 5 heteroatoms. The van der Waals surface area contributed by atoms with Gasteiger partial charge in [-0.05, 0) is 71.3 Å². The number of carbonyl (C=O) groups is 1. The van der Waals surface area contributed by atoms with Crippen molar-refractivity contribution in [2.45, 2.75) is 52.6 Å². The Bertz CT molecular complexity index is 721. The number of fused-ring (bicyclic) bond motifs is 1. The number of aryl methyl sites for hydroxylation is 1. The molecule has 130 valence electrons. The molecule has 0 aliphatic carbocycles. The third-order valence-corrected chi connectivity index (χ3v) is 4.52. The lowest BCUT2D eigenvalue weighted by Gasteiger charge is -2.32. The number of nitrogens with one attached hydrogen (secondary N) is 2. The van der Waals surface area contributed by atoms with Crippen LogP contribution in [0.15, 0.2) is 18.2 Å². The molecule has 0 radical (unpaired) electrons. The third-order valence-electron chi connectivity index (χ3n) is 4.52. The Hall–Kier alpha value is -1.88. The van der Waals surface area contributed by atoms with E-state index in [1.54, 1.807) is 0 Å². The van der Waals surface area contributed by atoms with E-state index in [0.29, 0.717) is 0 Å². The van der Waals surface area contributed by atoms with Crippen LogP contribution in [0.1, 0.15) is 45.0 Å². The maximum absolute atomic E-state index is 12.3. The highest BCUT2D eigenvalue weighted by atomic mass is 16.2. The number of hydrogen-bond acceptors (Lipinski definition) is 3. The summed E-state index contributed by atoms with van der Waals surface area (Å²) in [5.41, 5.74) is 3.21. The monoisotopic (exact) mass is 328 g/mol.